The van der Waals surface area contributed by atoms with E-state index in [2.05, 4.69) is 23.5 Å². The average Bonchev–Trinajstić information content (AvgIpc) is 2.56. The van der Waals surface area contributed by atoms with Gasteiger partial charge in [0.15, 0.2) is 0 Å². The van der Waals surface area contributed by atoms with Gasteiger partial charge in [-0.3, -0.25) is 4.72 Å². The van der Waals surface area contributed by atoms with Crippen molar-refractivity contribution in [3.8, 4) is 0 Å². The van der Waals surface area contributed by atoms with Crippen molar-refractivity contribution in [3.05, 3.63) is 60.2 Å². The second-order valence-corrected chi connectivity index (χ2v) is 8.26. The lowest BCUT2D eigenvalue weighted by Crippen LogP contribution is -2.49. The van der Waals surface area contributed by atoms with Crippen LogP contribution in [-0.4, -0.2) is 33.7 Å². The van der Waals surface area contributed by atoms with Gasteiger partial charge in [0.1, 0.15) is 0 Å². The number of ether oxygens (including phenoxy) is 1. The predicted octanol–water partition coefficient (Wildman–Crippen LogP) is 3.24. The molecule has 2 aromatic rings. The Bertz CT molecular complexity index is 781. The number of nitrogens with zero attached hydrogens (tertiary/aromatic N) is 1. The van der Waals surface area contributed by atoms with Crippen molar-refractivity contribution in [2.75, 3.05) is 22.8 Å². The van der Waals surface area contributed by atoms with E-state index >= 15 is 0 Å². The number of nitrogens with one attached hydrogen (secondary N) is 1. The van der Waals surface area contributed by atoms with Gasteiger partial charge < -0.3 is 9.64 Å². The van der Waals surface area contributed by atoms with Crippen molar-refractivity contribution >= 4 is 21.4 Å². The predicted molar refractivity (Wildman–Crippen MR) is 101 cm³/mol. The molecule has 3 rings (SSSR count). The molecule has 1 aliphatic rings. The molecule has 1 fully saturated rings. The van der Waals surface area contributed by atoms with Crippen LogP contribution in [0.2, 0.25) is 0 Å². The van der Waals surface area contributed by atoms with E-state index < -0.39 is 10.0 Å². The first kappa shape index (κ1) is 17.8. The summed E-state index contributed by atoms with van der Waals surface area (Å²) in [5, 5.41) is 0. The van der Waals surface area contributed by atoms with Gasteiger partial charge in [0.2, 0.25) is 10.0 Å². The minimum atomic E-state index is -3.43. The lowest BCUT2D eigenvalue weighted by atomic mass is 10.1. The molecule has 6 heteroatoms. The topological polar surface area (TPSA) is 58.6 Å². The summed E-state index contributed by atoms with van der Waals surface area (Å²) in [7, 11) is -3.43. The number of anilines is 2. The van der Waals surface area contributed by atoms with Gasteiger partial charge in [0.25, 0.3) is 0 Å². The normalized spacial score (nSPS) is 21.1. The molecule has 2 aromatic carbocycles. The fourth-order valence-corrected chi connectivity index (χ4v) is 4.42. The van der Waals surface area contributed by atoms with Crippen LogP contribution in [0.5, 0.6) is 0 Å². The average molecular weight is 360 g/mol. The highest BCUT2D eigenvalue weighted by atomic mass is 32.2. The highest BCUT2D eigenvalue weighted by Crippen LogP contribution is 2.25. The maximum Gasteiger partial charge on any atom is 0.236 e. The third-order valence-electron chi connectivity index (χ3n) is 4.31. The van der Waals surface area contributed by atoms with E-state index in [1.807, 2.05) is 54.6 Å². The standard InChI is InChI=1S/C19H24N2O3S/c1-15-12-24-13-16(2)21(15)19-10-8-18(9-11-19)20-25(22,23)14-17-6-4-3-5-7-17/h3-11,15-16,20H,12-14H2,1-2H3. The molecule has 0 saturated carbocycles. The maximum atomic E-state index is 12.3. The van der Waals surface area contributed by atoms with Gasteiger partial charge in [0, 0.05) is 23.5 Å². The van der Waals surface area contributed by atoms with Crippen molar-refractivity contribution in [1.82, 2.24) is 0 Å². The Hall–Kier alpha value is -2.05. The summed E-state index contributed by atoms with van der Waals surface area (Å²) < 4.78 is 32.9. The van der Waals surface area contributed by atoms with Crippen LogP contribution in [-0.2, 0) is 20.5 Å². The second-order valence-electron chi connectivity index (χ2n) is 6.54. The summed E-state index contributed by atoms with van der Waals surface area (Å²) in [5.41, 5.74) is 2.42. The molecule has 25 heavy (non-hydrogen) atoms. The zero-order valence-corrected chi connectivity index (χ0v) is 15.4. The molecule has 134 valence electrons. The molecule has 0 spiro atoms. The minimum Gasteiger partial charge on any atom is -0.377 e. The van der Waals surface area contributed by atoms with Crippen LogP contribution in [0, 0.1) is 0 Å². The van der Waals surface area contributed by atoms with Crippen molar-refractivity contribution in [2.24, 2.45) is 0 Å². The van der Waals surface area contributed by atoms with E-state index in [1.165, 1.54) is 0 Å². The van der Waals surface area contributed by atoms with Gasteiger partial charge in [-0.15, -0.1) is 0 Å². The van der Waals surface area contributed by atoms with Gasteiger partial charge >= 0.3 is 0 Å². The first-order valence-corrected chi connectivity index (χ1v) is 10.1. The van der Waals surface area contributed by atoms with Crippen LogP contribution in [0.15, 0.2) is 54.6 Å². The van der Waals surface area contributed by atoms with Crippen LogP contribution >= 0.6 is 0 Å². The van der Waals surface area contributed by atoms with E-state index in [1.54, 1.807) is 0 Å². The van der Waals surface area contributed by atoms with Crippen LogP contribution in [0.4, 0.5) is 11.4 Å². The zero-order chi connectivity index (χ0) is 17.9. The molecule has 0 bridgehead atoms. The molecule has 1 aliphatic heterocycles. The summed E-state index contributed by atoms with van der Waals surface area (Å²) in [6.45, 7) is 5.67. The van der Waals surface area contributed by atoms with E-state index in [4.69, 9.17) is 4.74 Å². The van der Waals surface area contributed by atoms with Gasteiger partial charge in [-0.1, -0.05) is 30.3 Å². The molecule has 0 amide bonds. The zero-order valence-electron chi connectivity index (χ0n) is 14.6. The number of hydrogen-bond donors (Lipinski definition) is 1. The molecule has 2 unspecified atom stereocenters. The highest BCUT2D eigenvalue weighted by molar-refractivity contribution is 7.91. The number of morpholine rings is 1. The van der Waals surface area contributed by atoms with Crippen molar-refractivity contribution in [1.29, 1.82) is 0 Å². The van der Waals surface area contributed by atoms with E-state index in [9.17, 15) is 8.42 Å². The number of benzene rings is 2. The molecule has 2 atom stereocenters. The summed E-state index contributed by atoms with van der Waals surface area (Å²) >= 11 is 0. The Balaban J connectivity index is 1.70. The molecule has 1 saturated heterocycles. The third kappa shape index (κ3) is 4.52. The SMILES string of the molecule is CC1COCC(C)N1c1ccc(NS(=O)(=O)Cc2ccccc2)cc1. The molecular formula is C19H24N2O3S. The smallest absolute Gasteiger partial charge is 0.236 e. The summed E-state index contributed by atoms with van der Waals surface area (Å²) in [6, 6.07) is 17.3. The summed E-state index contributed by atoms with van der Waals surface area (Å²) in [4.78, 5) is 2.31. The maximum absolute atomic E-state index is 12.3. The lowest BCUT2D eigenvalue weighted by Gasteiger charge is -2.40. The quantitative estimate of drug-likeness (QED) is 0.889. The molecule has 0 aromatic heterocycles. The number of sulfonamides is 1. The van der Waals surface area contributed by atoms with E-state index in [-0.39, 0.29) is 5.75 Å². The molecule has 5 nitrogen and oxygen atoms in total. The Kier molecular flexibility index (Phi) is 5.30. The Morgan fingerprint density at radius 1 is 1.00 bits per heavy atom. The minimum absolute atomic E-state index is 0.0346. The Morgan fingerprint density at radius 3 is 2.20 bits per heavy atom. The fourth-order valence-electron chi connectivity index (χ4n) is 3.22. The first-order valence-electron chi connectivity index (χ1n) is 8.45. The Morgan fingerprint density at radius 2 is 1.60 bits per heavy atom. The van der Waals surface area contributed by atoms with Gasteiger partial charge in [-0.2, -0.15) is 0 Å². The molecule has 0 aliphatic carbocycles. The van der Waals surface area contributed by atoms with Crippen molar-refractivity contribution < 1.29 is 13.2 Å². The van der Waals surface area contributed by atoms with Gasteiger partial charge in [-0.05, 0) is 43.7 Å². The third-order valence-corrected chi connectivity index (χ3v) is 5.57. The largest absolute Gasteiger partial charge is 0.377 e. The molecular weight excluding hydrogens is 336 g/mol. The monoisotopic (exact) mass is 360 g/mol. The van der Waals surface area contributed by atoms with Crippen LogP contribution in [0.1, 0.15) is 19.4 Å². The molecule has 1 N–H and O–H groups in total. The molecule has 1 heterocycles. The molecule has 0 radical (unpaired) electrons. The lowest BCUT2D eigenvalue weighted by molar-refractivity contribution is 0.0757. The summed E-state index contributed by atoms with van der Waals surface area (Å²) in [5.74, 6) is -0.0346. The van der Waals surface area contributed by atoms with Gasteiger partial charge in [-0.25, -0.2) is 8.42 Å². The van der Waals surface area contributed by atoms with E-state index in [0.29, 0.717) is 31.0 Å². The number of hydrogen-bond acceptors (Lipinski definition) is 4. The van der Waals surface area contributed by atoms with Crippen LogP contribution < -0.4 is 9.62 Å². The summed E-state index contributed by atoms with van der Waals surface area (Å²) in [6.07, 6.45) is 0. The van der Waals surface area contributed by atoms with Crippen molar-refractivity contribution in [3.63, 3.8) is 0 Å². The van der Waals surface area contributed by atoms with Crippen LogP contribution in [0.3, 0.4) is 0 Å². The highest BCUT2D eigenvalue weighted by Gasteiger charge is 2.25. The van der Waals surface area contributed by atoms with Crippen molar-refractivity contribution in [2.45, 2.75) is 31.7 Å². The first-order chi connectivity index (χ1) is 11.9. The van der Waals surface area contributed by atoms with E-state index in [0.717, 1.165) is 11.3 Å². The number of rotatable bonds is 5. The van der Waals surface area contributed by atoms with Gasteiger partial charge in [0.05, 0.1) is 19.0 Å². The second kappa shape index (κ2) is 7.45. The van der Waals surface area contributed by atoms with Crippen LogP contribution in [0.25, 0.3) is 0 Å². The Labute approximate surface area is 149 Å². The fraction of sp³-hybridized carbons (Fsp3) is 0.368.